The number of ether oxygens (including phenoxy) is 2. The molecular weight excluding hydrogens is 276 g/mol. The number of hydrogen-bond donors (Lipinski definition) is 1. The van der Waals surface area contributed by atoms with Crippen LogP contribution in [-0.2, 0) is 6.54 Å². The summed E-state index contributed by atoms with van der Waals surface area (Å²) in [6.45, 7) is 5.01. The van der Waals surface area contributed by atoms with Gasteiger partial charge in [0.15, 0.2) is 0 Å². The smallest absolute Gasteiger partial charge is 0.128 e. The predicted octanol–water partition coefficient (Wildman–Crippen LogP) is 3.48. The molecule has 116 valence electrons. The van der Waals surface area contributed by atoms with Crippen LogP contribution in [0.25, 0.3) is 0 Å². The summed E-state index contributed by atoms with van der Waals surface area (Å²) in [6, 6.07) is 10.2. The van der Waals surface area contributed by atoms with Gasteiger partial charge in [-0.15, -0.1) is 0 Å². The van der Waals surface area contributed by atoms with Crippen molar-refractivity contribution in [2.24, 2.45) is 0 Å². The molecule has 1 aromatic carbocycles. The van der Waals surface area contributed by atoms with E-state index in [1.165, 1.54) is 5.56 Å². The van der Waals surface area contributed by atoms with E-state index < -0.39 is 0 Å². The Morgan fingerprint density at radius 2 is 2.18 bits per heavy atom. The Hall–Kier alpha value is -2.07. The monoisotopic (exact) mass is 298 g/mol. The number of pyridine rings is 1. The predicted molar refractivity (Wildman–Crippen MR) is 86.1 cm³/mol. The van der Waals surface area contributed by atoms with Gasteiger partial charge in [-0.3, -0.25) is 4.98 Å². The molecule has 1 atom stereocenters. The molecule has 0 radical (unpaired) electrons. The van der Waals surface area contributed by atoms with Crippen LogP contribution in [0.3, 0.4) is 0 Å². The van der Waals surface area contributed by atoms with Crippen molar-refractivity contribution in [1.29, 1.82) is 0 Å². The van der Waals surface area contributed by atoms with Crippen molar-refractivity contribution in [2.75, 3.05) is 7.11 Å². The maximum atomic E-state index is 6.11. The molecule has 0 amide bonds. The first-order valence-corrected chi connectivity index (χ1v) is 7.57. The number of nitrogens with zero attached hydrogens (tertiary/aromatic N) is 1. The molecule has 2 aromatic rings. The maximum absolute atomic E-state index is 6.11. The number of benzene rings is 1. The van der Waals surface area contributed by atoms with Crippen molar-refractivity contribution in [1.82, 2.24) is 10.3 Å². The van der Waals surface area contributed by atoms with Gasteiger partial charge in [-0.2, -0.15) is 0 Å². The molecule has 0 saturated carbocycles. The number of rotatable bonds is 4. The molecule has 2 heterocycles. The van der Waals surface area contributed by atoms with Crippen LogP contribution < -0.4 is 14.8 Å². The van der Waals surface area contributed by atoms with Crippen LogP contribution >= 0.6 is 0 Å². The molecule has 1 unspecified atom stereocenters. The number of hydrogen-bond acceptors (Lipinski definition) is 4. The number of methoxy groups -OCH3 is 1. The van der Waals surface area contributed by atoms with E-state index in [9.17, 15) is 0 Å². The van der Waals surface area contributed by atoms with E-state index in [0.29, 0.717) is 0 Å². The lowest BCUT2D eigenvalue weighted by molar-refractivity contribution is 0.0644. The Balaban J connectivity index is 1.87. The van der Waals surface area contributed by atoms with E-state index in [4.69, 9.17) is 9.47 Å². The topological polar surface area (TPSA) is 43.4 Å². The van der Waals surface area contributed by atoms with Crippen molar-refractivity contribution in [3.05, 3.63) is 53.9 Å². The van der Waals surface area contributed by atoms with Crippen LogP contribution in [-0.4, -0.2) is 17.7 Å². The summed E-state index contributed by atoms with van der Waals surface area (Å²) in [7, 11) is 1.70. The average molecular weight is 298 g/mol. The summed E-state index contributed by atoms with van der Waals surface area (Å²) in [4.78, 5) is 4.17. The molecule has 4 nitrogen and oxygen atoms in total. The highest BCUT2D eigenvalue weighted by molar-refractivity contribution is 5.48. The first-order valence-electron chi connectivity index (χ1n) is 7.57. The molecule has 1 aliphatic heterocycles. The van der Waals surface area contributed by atoms with Crippen LogP contribution in [0.5, 0.6) is 11.5 Å². The molecule has 1 N–H and O–H groups in total. The summed E-state index contributed by atoms with van der Waals surface area (Å²) < 4.78 is 11.6. The minimum atomic E-state index is -0.202. The van der Waals surface area contributed by atoms with E-state index in [1.54, 1.807) is 13.3 Å². The quantitative estimate of drug-likeness (QED) is 0.938. The molecule has 0 spiro atoms. The van der Waals surface area contributed by atoms with Crippen molar-refractivity contribution in [3.8, 4) is 11.5 Å². The van der Waals surface area contributed by atoms with Gasteiger partial charge < -0.3 is 14.8 Å². The first-order chi connectivity index (χ1) is 10.6. The highest BCUT2D eigenvalue weighted by Crippen LogP contribution is 2.44. The maximum Gasteiger partial charge on any atom is 0.128 e. The van der Waals surface area contributed by atoms with Gasteiger partial charge in [0.1, 0.15) is 17.1 Å². The van der Waals surface area contributed by atoms with Crippen molar-refractivity contribution in [2.45, 2.75) is 38.5 Å². The van der Waals surface area contributed by atoms with E-state index >= 15 is 0 Å². The lowest BCUT2D eigenvalue weighted by Crippen LogP contribution is -2.39. The molecule has 1 aliphatic rings. The number of aromatic nitrogens is 1. The Kier molecular flexibility index (Phi) is 4.03. The fourth-order valence-corrected chi connectivity index (χ4v) is 2.99. The average Bonchev–Trinajstić information content (AvgIpc) is 2.51. The second-order valence-electron chi connectivity index (χ2n) is 6.23. The molecular formula is C18H22N2O2. The van der Waals surface area contributed by atoms with Crippen molar-refractivity contribution < 1.29 is 9.47 Å². The zero-order valence-electron chi connectivity index (χ0n) is 13.3. The molecule has 22 heavy (non-hydrogen) atoms. The third-order valence-electron chi connectivity index (χ3n) is 3.95. The highest BCUT2D eigenvalue weighted by Gasteiger charge is 2.35. The SMILES string of the molecule is COc1cccc2c1C(NCc1cccnc1)CC(C)(C)O2. The standard InChI is InChI=1S/C18H22N2O2/c1-18(2)10-14(20-12-13-6-5-9-19-11-13)17-15(21-3)7-4-8-16(17)22-18/h4-9,11,14,20H,10,12H2,1-3H3. The fourth-order valence-electron chi connectivity index (χ4n) is 2.99. The fraction of sp³-hybridized carbons (Fsp3) is 0.389. The second-order valence-corrected chi connectivity index (χ2v) is 6.23. The molecule has 0 fully saturated rings. The van der Waals surface area contributed by atoms with Gasteiger partial charge in [0.2, 0.25) is 0 Å². The summed E-state index contributed by atoms with van der Waals surface area (Å²) in [5.41, 5.74) is 2.07. The lowest BCUT2D eigenvalue weighted by atomic mass is 9.89. The summed E-state index contributed by atoms with van der Waals surface area (Å²) >= 11 is 0. The van der Waals surface area contributed by atoms with E-state index in [1.807, 2.05) is 30.5 Å². The number of nitrogens with one attached hydrogen (secondary N) is 1. The van der Waals surface area contributed by atoms with Crippen LogP contribution in [0, 0.1) is 0 Å². The summed E-state index contributed by atoms with van der Waals surface area (Å²) in [5, 5.41) is 3.62. The van der Waals surface area contributed by atoms with Crippen LogP contribution in [0.2, 0.25) is 0 Å². The molecule has 0 bridgehead atoms. The third-order valence-corrected chi connectivity index (χ3v) is 3.95. The summed E-state index contributed by atoms with van der Waals surface area (Å²) in [5.74, 6) is 1.77. The van der Waals surface area contributed by atoms with E-state index in [2.05, 4.69) is 30.2 Å². The normalized spacial score (nSPS) is 19.1. The van der Waals surface area contributed by atoms with E-state index in [-0.39, 0.29) is 11.6 Å². The van der Waals surface area contributed by atoms with Crippen LogP contribution in [0.1, 0.15) is 37.4 Å². The summed E-state index contributed by atoms with van der Waals surface area (Å²) in [6.07, 6.45) is 4.57. The van der Waals surface area contributed by atoms with Gasteiger partial charge in [0.05, 0.1) is 12.7 Å². The van der Waals surface area contributed by atoms with Gasteiger partial charge in [0.25, 0.3) is 0 Å². The highest BCUT2D eigenvalue weighted by atomic mass is 16.5. The molecule has 1 aromatic heterocycles. The van der Waals surface area contributed by atoms with E-state index in [0.717, 1.165) is 30.0 Å². The van der Waals surface area contributed by atoms with Crippen LogP contribution in [0.15, 0.2) is 42.7 Å². The zero-order chi connectivity index (χ0) is 15.6. The van der Waals surface area contributed by atoms with Gasteiger partial charge in [-0.25, -0.2) is 0 Å². The van der Waals surface area contributed by atoms with Gasteiger partial charge in [0, 0.05) is 31.4 Å². The lowest BCUT2D eigenvalue weighted by Gasteiger charge is -2.38. The second kappa shape index (κ2) is 5.97. The van der Waals surface area contributed by atoms with Crippen LogP contribution in [0.4, 0.5) is 0 Å². The van der Waals surface area contributed by atoms with Gasteiger partial charge in [-0.1, -0.05) is 12.1 Å². The molecule has 0 saturated heterocycles. The Bertz CT molecular complexity index is 641. The van der Waals surface area contributed by atoms with Crippen molar-refractivity contribution >= 4 is 0 Å². The molecule has 4 heteroatoms. The minimum Gasteiger partial charge on any atom is -0.496 e. The van der Waals surface area contributed by atoms with Gasteiger partial charge >= 0.3 is 0 Å². The Labute approximate surface area is 131 Å². The van der Waals surface area contributed by atoms with Crippen molar-refractivity contribution in [3.63, 3.8) is 0 Å². The minimum absolute atomic E-state index is 0.190. The largest absolute Gasteiger partial charge is 0.496 e. The number of fused-ring (bicyclic) bond motifs is 1. The Morgan fingerprint density at radius 3 is 2.91 bits per heavy atom. The molecule has 0 aliphatic carbocycles. The zero-order valence-corrected chi connectivity index (χ0v) is 13.3. The Morgan fingerprint density at radius 1 is 1.32 bits per heavy atom. The first kappa shape index (κ1) is 14.9. The van der Waals surface area contributed by atoms with Gasteiger partial charge in [-0.05, 0) is 37.6 Å². The third kappa shape index (κ3) is 3.07. The molecule has 3 rings (SSSR count).